The van der Waals surface area contributed by atoms with Gasteiger partial charge in [0.15, 0.2) is 5.76 Å². The van der Waals surface area contributed by atoms with E-state index in [2.05, 4.69) is 15.2 Å². The van der Waals surface area contributed by atoms with Gasteiger partial charge in [0.05, 0.1) is 4.90 Å². The first-order valence-corrected chi connectivity index (χ1v) is 11.9. The van der Waals surface area contributed by atoms with Gasteiger partial charge >= 0.3 is 0 Å². The second kappa shape index (κ2) is 10.9. The normalized spacial score (nSPS) is 11.7. The Balaban J connectivity index is 1.59. The Morgan fingerprint density at radius 2 is 1.78 bits per heavy atom. The highest BCUT2D eigenvalue weighted by atomic mass is 32.2. The van der Waals surface area contributed by atoms with E-state index >= 15 is 0 Å². The van der Waals surface area contributed by atoms with Crippen molar-refractivity contribution in [2.24, 2.45) is 0 Å². The van der Waals surface area contributed by atoms with Crippen LogP contribution < -0.4 is 10.0 Å². The van der Waals surface area contributed by atoms with Gasteiger partial charge in [-0.3, -0.25) is 4.79 Å². The van der Waals surface area contributed by atoms with Gasteiger partial charge in [-0.15, -0.1) is 0 Å². The van der Waals surface area contributed by atoms with Crippen LogP contribution in [-0.2, 0) is 21.2 Å². The molecular weight excluding hydrogens is 426 g/mol. The third-order valence-electron chi connectivity index (χ3n) is 4.87. The van der Waals surface area contributed by atoms with E-state index < -0.39 is 10.0 Å². The first kappa shape index (κ1) is 23.4. The van der Waals surface area contributed by atoms with Crippen LogP contribution in [0.3, 0.4) is 0 Å². The summed E-state index contributed by atoms with van der Waals surface area (Å²) in [7, 11) is -3.57. The van der Waals surface area contributed by atoms with Crippen molar-refractivity contribution in [3.05, 3.63) is 77.2 Å². The quantitative estimate of drug-likeness (QED) is 0.443. The van der Waals surface area contributed by atoms with Gasteiger partial charge in [-0.05, 0) is 49.1 Å². The first-order chi connectivity index (χ1) is 15.4. The molecule has 0 saturated carbocycles. The van der Waals surface area contributed by atoms with E-state index in [0.29, 0.717) is 30.1 Å². The number of anilines is 1. The molecule has 0 saturated heterocycles. The largest absolute Gasteiger partial charge is 0.354 e. The summed E-state index contributed by atoms with van der Waals surface area (Å²) in [6.07, 6.45) is 5.35. The standard InChI is InChI=1S/C24H27N3O4S/c1-3-23(28)26-24-18(2)27-31-22(24)16-13-20-11-14-21(15-12-20)32(29,30)25-17-7-10-19-8-5-4-6-9-19/h4-6,8-9,11-16,25H,3,7,10,17H2,1-2H3,(H,26,28)/b16-13-. The van der Waals surface area contributed by atoms with Crippen molar-refractivity contribution in [2.45, 2.75) is 38.0 Å². The summed E-state index contributed by atoms with van der Waals surface area (Å²) in [6, 6.07) is 16.5. The Morgan fingerprint density at radius 1 is 1.06 bits per heavy atom. The molecule has 1 heterocycles. The number of aryl methyl sites for hydroxylation is 2. The molecule has 3 rings (SSSR count). The van der Waals surface area contributed by atoms with Crippen LogP contribution in [0, 0.1) is 6.92 Å². The minimum Gasteiger partial charge on any atom is -0.354 e. The van der Waals surface area contributed by atoms with Crippen molar-refractivity contribution in [3.63, 3.8) is 0 Å². The van der Waals surface area contributed by atoms with Crippen molar-refractivity contribution >= 4 is 33.8 Å². The van der Waals surface area contributed by atoms with E-state index in [0.717, 1.165) is 18.4 Å². The number of nitrogens with one attached hydrogen (secondary N) is 2. The summed E-state index contributed by atoms with van der Waals surface area (Å²) in [4.78, 5) is 11.9. The summed E-state index contributed by atoms with van der Waals surface area (Å²) in [5.41, 5.74) is 3.09. The number of sulfonamides is 1. The monoisotopic (exact) mass is 453 g/mol. The van der Waals surface area contributed by atoms with Crippen LogP contribution >= 0.6 is 0 Å². The Kier molecular flexibility index (Phi) is 7.97. The highest BCUT2D eigenvalue weighted by Gasteiger charge is 2.14. The predicted octanol–water partition coefficient (Wildman–Crippen LogP) is 4.41. The molecule has 2 N–H and O–H groups in total. The number of rotatable bonds is 10. The second-order valence-electron chi connectivity index (χ2n) is 7.30. The van der Waals surface area contributed by atoms with Gasteiger partial charge in [0.2, 0.25) is 15.9 Å². The molecule has 1 aromatic heterocycles. The van der Waals surface area contributed by atoms with Crippen molar-refractivity contribution in [1.29, 1.82) is 0 Å². The van der Waals surface area contributed by atoms with Crippen LogP contribution in [0.15, 0.2) is 64.0 Å². The molecule has 0 aliphatic rings. The van der Waals surface area contributed by atoms with Gasteiger partial charge in [0, 0.05) is 13.0 Å². The maximum Gasteiger partial charge on any atom is 0.240 e. The highest BCUT2D eigenvalue weighted by molar-refractivity contribution is 7.89. The molecule has 0 atom stereocenters. The fraction of sp³-hybridized carbons (Fsp3) is 0.250. The average Bonchev–Trinajstić information content (AvgIpc) is 3.15. The molecule has 2 aromatic carbocycles. The lowest BCUT2D eigenvalue weighted by atomic mass is 10.1. The molecule has 0 aliphatic carbocycles. The zero-order chi connectivity index (χ0) is 23.0. The summed E-state index contributed by atoms with van der Waals surface area (Å²) < 4.78 is 33.0. The fourth-order valence-electron chi connectivity index (χ4n) is 3.04. The maximum absolute atomic E-state index is 12.5. The number of amides is 1. The lowest BCUT2D eigenvalue weighted by Gasteiger charge is -2.07. The SMILES string of the molecule is CCC(=O)Nc1c(C)noc1/C=C\c1ccc(S(=O)(=O)NCCCc2ccccc2)cc1. The van der Waals surface area contributed by atoms with Gasteiger partial charge in [-0.25, -0.2) is 13.1 Å². The number of carbonyl (C=O) groups excluding carboxylic acids is 1. The molecule has 32 heavy (non-hydrogen) atoms. The lowest BCUT2D eigenvalue weighted by molar-refractivity contribution is -0.115. The van der Waals surface area contributed by atoms with E-state index in [9.17, 15) is 13.2 Å². The average molecular weight is 454 g/mol. The van der Waals surface area contributed by atoms with Crippen LogP contribution in [0.4, 0.5) is 5.69 Å². The highest BCUT2D eigenvalue weighted by Crippen LogP contribution is 2.23. The Hall–Kier alpha value is -3.23. The molecule has 1 amide bonds. The Bertz CT molecular complexity index is 1170. The van der Waals surface area contributed by atoms with Crippen LogP contribution in [-0.4, -0.2) is 26.0 Å². The number of nitrogens with zero attached hydrogens (tertiary/aromatic N) is 1. The van der Waals surface area contributed by atoms with E-state index in [-0.39, 0.29) is 10.8 Å². The van der Waals surface area contributed by atoms with Gasteiger partial charge in [0.25, 0.3) is 0 Å². The van der Waals surface area contributed by atoms with Crippen LogP contribution in [0.25, 0.3) is 12.2 Å². The molecule has 3 aromatic rings. The summed E-state index contributed by atoms with van der Waals surface area (Å²) >= 11 is 0. The Morgan fingerprint density at radius 3 is 2.47 bits per heavy atom. The van der Waals surface area contributed by atoms with Crippen molar-refractivity contribution in [3.8, 4) is 0 Å². The zero-order valence-electron chi connectivity index (χ0n) is 18.2. The number of hydrogen-bond donors (Lipinski definition) is 2. The molecule has 0 spiro atoms. The summed E-state index contributed by atoms with van der Waals surface area (Å²) in [6.45, 7) is 3.88. The molecule has 0 aliphatic heterocycles. The topological polar surface area (TPSA) is 101 Å². The van der Waals surface area contributed by atoms with Crippen LogP contribution in [0.1, 0.15) is 42.3 Å². The van der Waals surface area contributed by atoms with Gasteiger partial charge in [0.1, 0.15) is 11.4 Å². The minimum absolute atomic E-state index is 0.128. The minimum atomic E-state index is -3.57. The summed E-state index contributed by atoms with van der Waals surface area (Å²) in [5.74, 6) is 0.304. The van der Waals surface area contributed by atoms with E-state index in [1.54, 1.807) is 50.3 Å². The molecule has 0 fully saturated rings. The predicted molar refractivity (Wildman–Crippen MR) is 125 cm³/mol. The van der Waals surface area contributed by atoms with E-state index in [1.165, 1.54) is 5.56 Å². The molecular formula is C24H27N3O4S. The third kappa shape index (κ3) is 6.38. The Labute approximate surface area is 188 Å². The lowest BCUT2D eigenvalue weighted by Crippen LogP contribution is -2.25. The molecule has 0 bridgehead atoms. The molecule has 0 radical (unpaired) electrons. The number of aromatic nitrogens is 1. The molecule has 7 nitrogen and oxygen atoms in total. The second-order valence-corrected chi connectivity index (χ2v) is 9.07. The molecule has 0 unspecified atom stereocenters. The van der Waals surface area contributed by atoms with Gasteiger partial charge in [-0.2, -0.15) is 0 Å². The zero-order valence-corrected chi connectivity index (χ0v) is 19.0. The van der Waals surface area contributed by atoms with Crippen LogP contribution in [0.5, 0.6) is 0 Å². The molecule has 8 heteroatoms. The van der Waals surface area contributed by atoms with Gasteiger partial charge in [-0.1, -0.05) is 60.6 Å². The van der Waals surface area contributed by atoms with E-state index in [4.69, 9.17) is 4.52 Å². The summed E-state index contributed by atoms with van der Waals surface area (Å²) in [5, 5.41) is 6.66. The van der Waals surface area contributed by atoms with Crippen LogP contribution in [0.2, 0.25) is 0 Å². The molecule has 168 valence electrons. The smallest absolute Gasteiger partial charge is 0.240 e. The van der Waals surface area contributed by atoms with Crippen molar-refractivity contribution in [1.82, 2.24) is 9.88 Å². The third-order valence-corrected chi connectivity index (χ3v) is 6.35. The van der Waals surface area contributed by atoms with Gasteiger partial charge < -0.3 is 9.84 Å². The number of benzene rings is 2. The number of carbonyl (C=O) groups is 1. The first-order valence-electron chi connectivity index (χ1n) is 10.5. The maximum atomic E-state index is 12.5. The van der Waals surface area contributed by atoms with E-state index in [1.807, 2.05) is 30.3 Å². The fourth-order valence-corrected chi connectivity index (χ4v) is 4.11. The number of hydrogen-bond acceptors (Lipinski definition) is 5. The van der Waals surface area contributed by atoms with Crippen molar-refractivity contribution < 1.29 is 17.7 Å². The van der Waals surface area contributed by atoms with Crippen molar-refractivity contribution in [2.75, 3.05) is 11.9 Å².